The first-order valence-corrected chi connectivity index (χ1v) is 13.5. The molecule has 0 heterocycles. The summed E-state index contributed by atoms with van der Waals surface area (Å²) in [6.45, 7) is 1.10. The zero-order chi connectivity index (χ0) is 27.9. The molecule has 7 nitrogen and oxygen atoms in total. The lowest BCUT2D eigenvalue weighted by Crippen LogP contribution is -2.28. The van der Waals surface area contributed by atoms with Crippen LogP contribution in [0.1, 0.15) is 41.5 Å². The van der Waals surface area contributed by atoms with Gasteiger partial charge < -0.3 is 24.8 Å². The fourth-order valence-corrected chi connectivity index (χ4v) is 4.55. The average Bonchev–Trinajstić information content (AvgIpc) is 2.96. The van der Waals surface area contributed by atoms with E-state index in [1.54, 1.807) is 21.3 Å². The number of rotatable bonds is 16. The second-order valence-electron chi connectivity index (χ2n) is 9.33. The van der Waals surface area contributed by atoms with Crippen LogP contribution in [0.3, 0.4) is 0 Å². The molecule has 208 valence electrons. The molecule has 0 aliphatic rings. The smallest absolute Gasteiger partial charge is 0.220 e. The molecule has 0 radical (unpaired) electrons. The minimum atomic E-state index is -0.0505. The monoisotopic (exact) mass is 532 g/mol. The first-order valence-electron chi connectivity index (χ1n) is 13.5. The van der Waals surface area contributed by atoms with E-state index in [9.17, 15) is 9.59 Å². The van der Waals surface area contributed by atoms with Crippen LogP contribution in [0.4, 0.5) is 0 Å². The Hall–Kier alpha value is -4.00. The maximum absolute atomic E-state index is 12.4. The Morgan fingerprint density at radius 3 is 2.03 bits per heavy atom. The molecule has 39 heavy (non-hydrogen) atoms. The van der Waals surface area contributed by atoms with Crippen molar-refractivity contribution in [3.05, 3.63) is 89.0 Å². The van der Waals surface area contributed by atoms with Crippen molar-refractivity contribution in [2.24, 2.45) is 0 Å². The van der Waals surface area contributed by atoms with Gasteiger partial charge in [0.05, 0.1) is 21.3 Å². The Kier molecular flexibility index (Phi) is 12.2. The zero-order valence-electron chi connectivity index (χ0n) is 23.3. The van der Waals surface area contributed by atoms with Crippen molar-refractivity contribution in [1.82, 2.24) is 10.6 Å². The van der Waals surface area contributed by atoms with Gasteiger partial charge in [-0.25, -0.2) is 0 Å². The van der Waals surface area contributed by atoms with Crippen LogP contribution in [0, 0.1) is 0 Å². The van der Waals surface area contributed by atoms with Crippen LogP contribution in [0.5, 0.6) is 17.2 Å². The Morgan fingerprint density at radius 2 is 1.36 bits per heavy atom. The lowest BCUT2D eigenvalue weighted by atomic mass is 9.96. The van der Waals surface area contributed by atoms with E-state index >= 15 is 0 Å². The van der Waals surface area contributed by atoms with Gasteiger partial charge in [-0.2, -0.15) is 0 Å². The van der Waals surface area contributed by atoms with Gasteiger partial charge in [0.15, 0.2) is 11.5 Å². The fourth-order valence-electron chi connectivity index (χ4n) is 4.55. The molecule has 0 aliphatic carbocycles. The highest BCUT2D eigenvalue weighted by molar-refractivity contribution is 5.78. The summed E-state index contributed by atoms with van der Waals surface area (Å²) in [6.07, 6.45) is 4.21. The van der Waals surface area contributed by atoms with Crippen molar-refractivity contribution in [2.75, 3.05) is 34.4 Å². The number of carbonyl (C=O) groups excluding carboxylic acids is 2. The summed E-state index contributed by atoms with van der Waals surface area (Å²) >= 11 is 0. The molecule has 2 amide bonds. The van der Waals surface area contributed by atoms with E-state index in [2.05, 4.69) is 16.7 Å². The van der Waals surface area contributed by atoms with Crippen molar-refractivity contribution < 1.29 is 23.8 Å². The number of carbonyl (C=O) groups is 2. The molecular formula is C32H40N2O5. The minimum absolute atomic E-state index is 0.0234. The Labute approximate surface area is 231 Å². The van der Waals surface area contributed by atoms with E-state index in [4.69, 9.17) is 14.2 Å². The Bertz CT molecular complexity index is 1200. The molecule has 0 atom stereocenters. The number of aryl methyl sites for hydroxylation is 1. The number of benzene rings is 3. The predicted molar refractivity (Wildman–Crippen MR) is 154 cm³/mol. The van der Waals surface area contributed by atoms with Crippen molar-refractivity contribution >= 4 is 11.8 Å². The van der Waals surface area contributed by atoms with Gasteiger partial charge in [0.2, 0.25) is 11.8 Å². The lowest BCUT2D eigenvalue weighted by Gasteiger charge is -2.17. The molecule has 0 saturated heterocycles. The molecule has 3 aromatic rings. The normalized spacial score (nSPS) is 10.5. The highest BCUT2D eigenvalue weighted by atomic mass is 16.5. The maximum atomic E-state index is 12.4. The first-order chi connectivity index (χ1) is 19.0. The second kappa shape index (κ2) is 16.1. The first kappa shape index (κ1) is 29.6. The van der Waals surface area contributed by atoms with Crippen LogP contribution in [-0.4, -0.2) is 46.2 Å². The molecule has 0 aromatic heterocycles. The summed E-state index contributed by atoms with van der Waals surface area (Å²) in [6, 6.07) is 22.0. The topological polar surface area (TPSA) is 85.9 Å². The minimum Gasteiger partial charge on any atom is -0.497 e. The third-order valence-corrected chi connectivity index (χ3v) is 6.65. The molecule has 3 rings (SSSR count). The highest BCUT2D eigenvalue weighted by Gasteiger charge is 2.15. The van der Waals surface area contributed by atoms with Gasteiger partial charge in [-0.05, 0) is 67.0 Å². The molecule has 0 saturated carbocycles. The summed E-state index contributed by atoms with van der Waals surface area (Å²) in [4.78, 5) is 24.5. The van der Waals surface area contributed by atoms with Crippen LogP contribution in [-0.2, 0) is 35.3 Å². The molecule has 0 unspecified atom stereocenters. The van der Waals surface area contributed by atoms with Crippen LogP contribution in [0.25, 0.3) is 0 Å². The lowest BCUT2D eigenvalue weighted by molar-refractivity contribution is -0.122. The van der Waals surface area contributed by atoms with Gasteiger partial charge in [-0.15, -0.1) is 0 Å². The van der Waals surface area contributed by atoms with Gasteiger partial charge in [-0.1, -0.05) is 48.5 Å². The second-order valence-corrected chi connectivity index (χ2v) is 9.33. The molecule has 0 bridgehead atoms. The van der Waals surface area contributed by atoms with Crippen molar-refractivity contribution in [1.29, 1.82) is 0 Å². The van der Waals surface area contributed by atoms with E-state index in [0.717, 1.165) is 41.9 Å². The quantitative estimate of drug-likeness (QED) is 0.280. The number of hydrogen-bond acceptors (Lipinski definition) is 5. The highest BCUT2D eigenvalue weighted by Crippen LogP contribution is 2.34. The molecular weight excluding hydrogens is 492 g/mol. The van der Waals surface area contributed by atoms with Crippen molar-refractivity contribution in [3.63, 3.8) is 0 Å². The molecule has 3 aromatic carbocycles. The summed E-state index contributed by atoms with van der Waals surface area (Å²) < 4.78 is 16.6. The molecule has 0 aliphatic heterocycles. The SMILES string of the molecule is COc1cccc(CCc2c(CCNC(=O)CCCC(=O)NCCc3ccccc3)ccc(OC)c2OC)c1. The van der Waals surface area contributed by atoms with Crippen molar-refractivity contribution in [2.45, 2.75) is 44.9 Å². The average molecular weight is 533 g/mol. The van der Waals surface area contributed by atoms with E-state index in [1.165, 1.54) is 11.1 Å². The Morgan fingerprint density at radius 1 is 0.667 bits per heavy atom. The van der Waals surface area contributed by atoms with Crippen LogP contribution < -0.4 is 24.8 Å². The van der Waals surface area contributed by atoms with E-state index in [-0.39, 0.29) is 11.8 Å². The van der Waals surface area contributed by atoms with E-state index < -0.39 is 0 Å². The summed E-state index contributed by atoms with van der Waals surface area (Å²) in [5.41, 5.74) is 4.53. The summed E-state index contributed by atoms with van der Waals surface area (Å²) in [5, 5.41) is 5.92. The summed E-state index contributed by atoms with van der Waals surface area (Å²) in [5.74, 6) is 2.17. The number of nitrogens with one attached hydrogen (secondary N) is 2. The van der Waals surface area contributed by atoms with Crippen LogP contribution in [0.2, 0.25) is 0 Å². The fraction of sp³-hybridized carbons (Fsp3) is 0.375. The van der Waals surface area contributed by atoms with Gasteiger partial charge in [0, 0.05) is 31.5 Å². The van der Waals surface area contributed by atoms with Gasteiger partial charge >= 0.3 is 0 Å². The molecule has 7 heteroatoms. The maximum Gasteiger partial charge on any atom is 0.220 e. The third-order valence-electron chi connectivity index (χ3n) is 6.65. The van der Waals surface area contributed by atoms with Gasteiger partial charge in [0.25, 0.3) is 0 Å². The van der Waals surface area contributed by atoms with Gasteiger partial charge in [-0.3, -0.25) is 9.59 Å². The molecule has 0 fully saturated rings. The standard InChI is InChI=1S/C32H40N2O5/c1-37-27-12-7-11-25(23-27)15-17-28-26(16-18-29(38-2)32(28)39-3)20-22-34-31(36)14-8-13-30(35)33-21-19-24-9-5-4-6-10-24/h4-7,9-12,16,18,23H,8,13-15,17,19-22H2,1-3H3,(H,33,35)(H,34,36). The summed E-state index contributed by atoms with van der Waals surface area (Å²) in [7, 11) is 4.95. The number of hydrogen-bond donors (Lipinski definition) is 2. The van der Waals surface area contributed by atoms with Crippen molar-refractivity contribution in [3.8, 4) is 17.2 Å². The van der Waals surface area contributed by atoms with E-state index in [1.807, 2.05) is 60.7 Å². The van der Waals surface area contributed by atoms with Gasteiger partial charge in [0.1, 0.15) is 5.75 Å². The molecule has 0 spiro atoms. The number of methoxy groups -OCH3 is 3. The predicted octanol–water partition coefficient (Wildman–Crippen LogP) is 4.69. The largest absolute Gasteiger partial charge is 0.497 e. The van der Waals surface area contributed by atoms with Crippen LogP contribution in [0.15, 0.2) is 66.7 Å². The molecule has 2 N–H and O–H groups in total. The third kappa shape index (κ3) is 9.67. The van der Waals surface area contributed by atoms with E-state index in [0.29, 0.717) is 44.5 Å². The number of amides is 2. The van der Waals surface area contributed by atoms with Crippen LogP contribution >= 0.6 is 0 Å². The Balaban J connectivity index is 1.45. The number of ether oxygens (including phenoxy) is 3. The zero-order valence-corrected chi connectivity index (χ0v) is 23.3.